The largest absolute Gasteiger partial charge is 0.357 e. The summed E-state index contributed by atoms with van der Waals surface area (Å²) in [4.78, 5) is 18.9. The number of amides is 1. The Morgan fingerprint density at radius 2 is 1.96 bits per heavy atom. The van der Waals surface area contributed by atoms with Crippen LogP contribution < -0.4 is 10.6 Å². The van der Waals surface area contributed by atoms with Crippen LogP contribution in [0.1, 0.15) is 44.2 Å². The normalized spacial score (nSPS) is 13.7. The second-order valence-corrected chi connectivity index (χ2v) is 6.12. The van der Waals surface area contributed by atoms with E-state index in [0.29, 0.717) is 6.42 Å². The molecule has 0 unspecified atom stereocenters. The van der Waals surface area contributed by atoms with Gasteiger partial charge in [-0.15, -0.1) is 24.0 Å². The van der Waals surface area contributed by atoms with Crippen molar-refractivity contribution >= 4 is 35.8 Å². The van der Waals surface area contributed by atoms with E-state index in [1.54, 1.807) is 0 Å². The van der Waals surface area contributed by atoms with E-state index in [1.807, 2.05) is 4.90 Å². The van der Waals surface area contributed by atoms with Crippen LogP contribution in [0.25, 0.3) is 0 Å². The van der Waals surface area contributed by atoms with E-state index >= 15 is 0 Å². The molecule has 5 nitrogen and oxygen atoms in total. The third kappa shape index (κ3) is 7.22. The Morgan fingerprint density at radius 3 is 2.68 bits per heavy atom. The van der Waals surface area contributed by atoms with Gasteiger partial charge in [-0.3, -0.25) is 9.79 Å². The molecule has 0 atom stereocenters. The third-order valence-electron chi connectivity index (χ3n) is 4.18. The first kappa shape index (κ1) is 21.7. The predicted octanol–water partition coefficient (Wildman–Crippen LogP) is 2.93. The van der Waals surface area contributed by atoms with E-state index in [9.17, 15) is 4.79 Å². The minimum absolute atomic E-state index is 0. The van der Waals surface area contributed by atoms with Gasteiger partial charge in [0.05, 0.1) is 0 Å². The summed E-state index contributed by atoms with van der Waals surface area (Å²) in [7, 11) is 0. The SMILES string of the molecule is CCCN=C(NCC)NCCCC(=O)N1CCc2ccccc2C1.I. The van der Waals surface area contributed by atoms with E-state index in [1.165, 1.54) is 11.1 Å². The number of guanidine groups is 1. The molecule has 0 bridgehead atoms. The molecular weight excluding hydrogens is 427 g/mol. The summed E-state index contributed by atoms with van der Waals surface area (Å²) >= 11 is 0. The van der Waals surface area contributed by atoms with Crippen molar-refractivity contribution in [3.63, 3.8) is 0 Å². The number of aliphatic imine (C=N–C) groups is 1. The van der Waals surface area contributed by atoms with Gasteiger partial charge in [0, 0.05) is 39.1 Å². The van der Waals surface area contributed by atoms with Crippen molar-refractivity contribution in [2.24, 2.45) is 4.99 Å². The van der Waals surface area contributed by atoms with E-state index in [2.05, 4.69) is 53.7 Å². The Bertz CT molecular complexity index is 562. The van der Waals surface area contributed by atoms with Crippen molar-refractivity contribution in [1.29, 1.82) is 0 Å². The van der Waals surface area contributed by atoms with Gasteiger partial charge >= 0.3 is 0 Å². The van der Waals surface area contributed by atoms with E-state index in [4.69, 9.17) is 0 Å². The topological polar surface area (TPSA) is 56.7 Å². The van der Waals surface area contributed by atoms with Crippen molar-refractivity contribution < 1.29 is 4.79 Å². The van der Waals surface area contributed by atoms with Crippen LogP contribution in [0, 0.1) is 0 Å². The molecule has 0 saturated heterocycles. The van der Waals surface area contributed by atoms with E-state index in [-0.39, 0.29) is 29.9 Å². The molecule has 0 fully saturated rings. The lowest BCUT2D eigenvalue weighted by atomic mass is 9.99. The fourth-order valence-electron chi connectivity index (χ4n) is 2.88. The number of benzene rings is 1. The van der Waals surface area contributed by atoms with Crippen molar-refractivity contribution in [2.45, 2.75) is 46.1 Å². The Balaban J connectivity index is 0.00000312. The summed E-state index contributed by atoms with van der Waals surface area (Å²) in [6.45, 7) is 8.20. The molecule has 1 aromatic carbocycles. The number of hydrogen-bond donors (Lipinski definition) is 2. The highest BCUT2D eigenvalue weighted by molar-refractivity contribution is 14.0. The van der Waals surface area contributed by atoms with Gasteiger partial charge in [-0.2, -0.15) is 0 Å². The molecule has 0 aliphatic carbocycles. The zero-order valence-corrected chi connectivity index (χ0v) is 17.7. The highest BCUT2D eigenvalue weighted by Crippen LogP contribution is 2.19. The quantitative estimate of drug-likeness (QED) is 0.286. The number of rotatable bonds is 7. The van der Waals surface area contributed by atoms with Crippen LogP contribution in [0.5, 0.6) is 0 Å². The first-order valence-electron chi connectivity index (χ1n) is 9.11. The zero-order chi connectivity index (χ0) is 17.2. The molecule has 0 radical (unpaired) electrons. The molecule has 2 rings (SSSR count). The number of fused-ring (bicyclic) bond motifs is 1. The first-order valence-corrected chi connectivity index (χ1v) is 9.11. The molecule has 0 saturated carbocycles. The minimum atomic E-state index is 0. The molecule has 2 N–H and O–H groups in total. The molecule has 6 heteroatoms. The van der Waals surface area contributed by atoms with Crippen molar-refractivity contribution in [3.8, 4) is 0 Å². The third-order valence-corrected chi connectivity index (χ3v) is 4.18. The van der Waals surface area contributed by atoms with Crippen LogP contribution in [-0.2, 0) is 17.8 Å². The number of carbonyl (C=O) groups is 1. The van der Waals surface area contributed by atoms with Gasteiger partial charge in [-0.25, -0.2) is 0 Å². The molecule has 1 aliphatic heterocycles. The van der Waals surface area contributed by atoms with Gasteiger partial charge in [0.1, 0.15) is 0 Å². The molecule has 1 amide bonds. The average Bonchev–Trinajstić information content (AvgIpc) is 2.62. The second-order valence-electron chi connectivity index (χ2n) is 6.12. The lowest BCUT2D eigenvalue weighted by Crippen LogP contribution is -2.39. The maximum atomic E-state index is 12.4. The summed E-state index contributed by atoms with van der Waals surface area (Å²) in [5, 5.41) is 6.52. The summed E-state index contributed by atoms with van der Waals surface area (Å²) in [6, 6.07) is 8.42. The summed E-state index contributed by atoms with van der Waals surface area (Å²) in [5.74, 6) is 1.10. The second kappa shape index (κ2) is 12.1. The monoisotopic (exact) mass is 458 g/mol. The number of carbonyl (C=O) groups excluding carboxylic acids is 1. The number of nitrogens with zero attached hydrogens (tertiary/aromatic N) is 2. The zero-order valence-electron chi connectivity index (χ0n) is 15.4. The summed E-state index contributed by atoms with van der Waals surface area (Å²) in [6.07, 6.45) is 3.41. The van der Waals surface area contributed by atoms with Gasteiger partial charge < -0.3 is 15.5 Å². The number of halogens is 1. The summed E-state index contributed by atoms with van der Waals surface area (Å²) in [5.41, 5.74) is 2.67. The highest BCUT2D eigenvalue weighted by Gasteiger charge is 2.19. The van der Waals surface area contributed by atoms with Crippen molar-refractivity contribution in [3.05, 3.63) is 35.4 Å². The fraction of sp³-hybridized carbons (Fsp3) is 0.579. The Morgan fingerprint density at radius 1 is 1.20 bits per heavy atom. The lowest BCUT2D eigenvalue weighted by Gasteiger charge is -2.29. The average molecular weight is 458 g/mol. The smallest absolute Gasteiger partial charge is 0.222 e. The molecular formula is C19H31IN4O. The number of nitrogens with one attached hydrogen (secondary N) is 2. The highest BCUT2D eigenvalue weighted by atomic mass is 127. The molecule has 1 heterocycles. The minimum Gasteiger partial charge on any atom is -0.357 e. The van der Waals surface area contributed by atoms with Crippen LogP contribution >= 0.6 is 24.0 Å². The maximum Gasteiger partial charge on any atom is 0.222 e. The Hall–Kier alpha value is -1.31. The number of hydrogen-bond acceptors (Lipinski definition) is 2. The van der Waals surface area contributed by atoms with Gasteiger partial charge in [0.2, 0.25) is 5.91 Å². The van der Waals surface area contributed by atoms with Crippen LogP contribution in [0.3, 0.4) is 0 Å². The molecule has 25 heavy (non-hydrogen) atoms. The molecule has 0 aromatic heterocycles. The van der Waals surface area contributed by atoms with Crippen LogP contribution in [-0.4, -0.2) is 42.9 Å². The van der Waals surface area contributed by atoms with E-state index in [0.717, 1.165) is 57.9 Å². The lowest BCUT2D eigenvalue weighted by molar-refractivity contribution is -0.132. The summed E-state index contributed by atoms with van der Waals surface area (Å²) < 4.78 is 0. The maximum absolute atomic E-state index is 12.4. The van der Waals surface area contributed by atoms with Gasteiger partial charge in [0.15, 0.2) is 5.96 Å². The van der Waals surface area contributed by atoms with Gasteiger partial charge in [-0.1, -0.05) is 31.2 Å². The van der Waals surface area contributed by atoms with Crippen LogP contribution in [0.15, 0.2) is 29.3 Å². The van der Waals surface area contributed by atoms with Gasteiger partial charge in [0.25, 0.3) is 0 Å². The predicted molar refractivity (Wildman–Crippen MR) is 114 cm³/mol. The van der Waals surface area contributed by atoms with Crippen molar-refractivity contribution in [2.75, 3.05) is 26.2 Å². The van der Waals surface area contributed by atoms with Crippen LogP contribution in [0.2, 0.25) is 0 Å². The molecule has 140 valence electrons. The van der Waals surface area contributed by atoms with Crippen LogP contribution in [0.4, 0.5) is 0 Å². The molecule has 0 spiro atoms. The Labute approximate surface area is 168 Å². The first-order chi connectivity index (χ1) is 11.7. The fourth-order valence-corrected chi connectivity index (χ4v) is 2.88. The standard InChI is InChI=1S/C19H30N4O.HI/c1-3-12-21-19(20-4-2)22-13-7-10-18(24)23-14-11-16-8-5-6-9-17(16)15-23;/h5-6,8-9H,3-4,7,10-15H2,1-2H3,(H2,20,21,22);1H. The Kier molecular flexibility index (Phi) is 10.5. The molecule has 1 aliphatic rings. The van der Waals surface area contributed by atoms with E-state index < -0.39 is 0 Å². The van der Waals surface area contributed by atoms with Gasteiger partial charge in [-0.05, 0) is 37.3 Å². The molecule has 1 aromatic rings. The van der Waals surface area contributed by atoms with Crippen molar-refractivity contribution in [1.82, 2.24) is 15.5 Å².